The third-order valence-corrected chi connectivity index (χ3v) is 3.70. The highest BCUT2D eigenvalue weighted by atomic mass is 79.9. The normalized spacial score (nSPS) is 10.2. The Hall–Kier alpha value is 0.330. The molecule has 0 unspecified atom stereocenters. The van der Waals surface area contributed by atoms with E-state index in [1.165, 1.54) is 9.47 Å². The van der Waals surface area contributed by atoms with Gasteiger partial charge in [-0.15, -0.1) is 11.3 Å². The van der Waals surface area contributed by atoms with Gasteiger partial charge in [0.2, 0.25) is 0 Å². The van der Waals surface area contributed by atoms with Gasteiger partial charge in [-0.3, -0.25) is 0 Å². The average Bonchev–Trinajstić information content (AvgIpc) is 2.47. The Balaban J connectivity index is 2.47. The Morgan fingerprint density at radius 3 is 2.92 bits per heavy atom. The minimum Gasteiger partial charge on any atom is -0.366 e. The van der Waals surface area contributed by atoms with Crippen molar-refractivity contribution >= 4 is 44.9 Å². The maximum absolute atomic E-state index is 4.18. The molecule has 1 aromatic rings. The molecular formula is C8H12BrNS2. The van der Waals surface area contributed by atoms with Crippen LogP contribution in [0.25, 0.3) is 0 Å². The first kappa shape index (κ1) is 10.4. The molecule has 0 aliphatic heterocycles. The molecule has 0 aliphatic carbocycles. The van der Waals surface area contributed by atoms with Gasteiger partial charge in [0.05, 0.1) is 5.00 Å². The fourth-order valence-electron chi connectivity index (χ4n) is 0.921. The molecule has 0 aromatic carbocycles. The van der Waals surface area contributed by atoms with Crippen molar-refractivity contribution in [3.63, 3.8) is 0 Å². The van der Waals surface area contributed by atoms with Crippen LogP contribution in [-0.2, 0) is 0 Å². The van der Waals surface area contributed by atoms with E-state index in [-0.39, 0.29) is 0 Å². The minimum atomic E-state index is 0.955. The molecule has 0 fully saturated rings. The number of halogens is 1. The number of nitrogens with zero attached hydrogens (tertiary/aromatic N) is 1. The Labute approximate surface area is 91.3 Å². The van der Waals surface area contributed by atoms with Crippen LogP contribution < -0.4 is 4.90 Å². The quantitative estimate of drug-likeness (QED) is 0.819. The van der Waals surface area contributed by atoms with E-state index in [2.05, 4.69) is 52.0 Å². The van der Waals surface area contributed by atoms with Crippen LogP contribution in [0.3, 0.4) is 0 Å². The highest BCUT2D eigenvalue weighted by Gasteiger charge is 2.02. The largest absolute Gasteiger partial charge is 0.366 e. The third kappa shape index (κ3) is 2.99. The lowest BCUT2D eigenvalue weighted by Gasteiger charge is -2.15. The van der Waals surface area contributed by atoms with Crippen LogP contribution in [0.15, 0.2) is 15.9 Å². The zero-order valence-electron chi connectivity index (χ0n) is 6.96. The van der Waals surface area contributed by atoms with Gasteiger partial charge < -0.3 is 4.90 Å². The van der Waals surface area contributed by atoms with E-state index in [1.54, 1.807) is 11.3 Å². The average molecular weight is 266 g/mol. The monoisotopic (exact) mass is 265 g/mol. The lowest BCUT2D eigenvalue weighted by Crippen LogP contribution is -2.17. The summed E-state index contributed by atoms with van der Waals surface area (Å²) >= 11 is 9.38. The van der Waals surface area contributed by atoms with E-state index in [1.807, 2.05) is 0 Å². The molecule has 0 bridgehead atoms. The van der Waals surface area contributed by atoms with E-state index in [4.69, 9.17) is 0 Å². The predicted molar refractivity (Wildman–Crippen MR) is 63.8 cm³/mol. The van der Waals surface area contributed by atoms with Gasteiger partial charge in [0.25, 0.3) is 0 Å². The second kappa shape index (κ2) is 5.14. The Bertz CT molecular complexity index is 237. The standard InChI is InChI=1S/C8H12BrNS2/c1-10(3-2-4-11)8-5-7(9)6-12-8/h5-6,11H,2-4H2,1H3. The zero-order valence-corrected chi connectivity index (χ0v) is 10.3. The molecule has 0 amide bonds. The number of hydrogen-bond acceptors (Lipinski definition) is 3. The molecule has 4 heteroatoms. The first-order chi connectivity index (χ1) is 5.74. The minimum absolute atomic E-state index is 0.955. The maximum atomic E-state index is 4.18. The van der Waals surface area contributed by atoms with E-state index in [0.29, 0.717) is 0 Å². The molecule has 68 valence electrons. The highest BCUT2D eigenvalue weighted by Crippen LogP contribution is 2.27. The van der Waals surface area contributed by atoms with E-state index in [0.717, 1.165) is 18.7 Å². The van der Waals surface area contributed by atoms with Crippen LogP contribution >= 0.6 is 39.9 Å². The molecule has 0 spiro atoms. The van der Waals surface area contributed by atoms with Crippen molar-refractivity contribution in [1.29, 1.82) is 0 Å². The number of thiophene rings is 1. The van der Waals surface area contributed by atoms with E-state index in [9.17, 15) is 0 Å². The molecule has 0 saturated heterocycles. The second-order valence-corrected chi connectivity index (χ2v) is 4.85. The van der Waals surface area contributed by atoms with Gasteiger partial charge in [-0.1, -0.05) is 0 Å². The van der Waals surface area contributed by atoms with Crippen LogP contribution in [0.2, 0.25) is 0 Å². The Morgan fingerprint density at radius 2 is 2.42 bits per heavy atom. The molecule has 0 aliphatic rings. The topological polar surface area (TPSA) is 3.24 Å². The SMILES string of the molecule is CN(CCCS)c1cc(Br)cs1. The van der Waals surface area contributed by atoms with Crippen LogP contribution in [0.5, 0.6) is 0 Å². The summed E-state index contributed by atoms with van der Waals surface area (Å²) < 4.78 is 1.17. The zero-order chi connectivity index (χ0) is 8.97. The van der Waals surface area contributed by atoms with Crippen molar-refractivity contribution in [2.24, 2.45) is 0 Å². The van der Waals surface area contributed by atoms with Gasteiger partial charge in [-0.25, -0.2) is 0 Å². The summed E-state index contributed by atoms with van der Waals surface area (Å²) in [4.78, 5) is 2.26. The van der Waals surface area contributed by atoms with Crippen LogP contribution in [0.1, 0.15) is 6.42 Å². The van der Waals surface area contributed by atoms with Crippen LogP contribution in [0.4, 0.5) is 5.00 Å². The van der Waals surface area contributed by atoms with Crippen molar-refractivity contribution in [1.82, 2.24) is 0 Å². The van der Waals surface area contributed by atoms with Gasteiger partial charge >= 0.3 is 0 Å². The fourth-order valence-corrected chi connectivity index (χ4v) is 2.48. The summed E-state index contributed by atoms with van der Waals surface area (Å²) in [7, 11) is 2.11. The van der Waals surface area contributed by atoms with Crippen molar-refractivity contribution in [3.05, 3.63) is 15.9 Å². The van der Waals surface area contributed by atoms with Crippen LogP contribution in [-0.4, -0.2) is 19.3 Å². The molecule has 0 N–H and O–H groups in total. The molecule has 12 heavy (non-hydrogen) atoms. The summed E-state index contributed by atoms with van der Waals surface area (Å²) in [6, 6.07) is 2.14. The molecular weight excluding hydrogens is 254 g/mol. The summed E-state index contributed by atoms with van der Waals surface area (Å²) in [6.45, 7) is 1.08. The number of anilines is 1. The molecule has 1 nitrogen and oxygen atoms in total. The van der Waals surface area contributed by atoms with Crippen LogP contribution in [0, 0.1) is 0 Å². The molecule has 0 radical (unpaired) electrons. The molecule has 1 heterocycles. The molecule has 1 aromatic heterocycles. The number of hydrogen-bond donors (Lipinski definition) is 1. The summed E-state index contributed by atoms with van der Waals surface area (Å²) in [5.41, 5.74) is 0. The summed E-state index contributed by atoms with van der Waals surface area (Å²) in [5.74, 6) is 0.955. The third-order valence-electron chi connectivity index (χ3n) is 1.58. The molecule has 0 saturated carbocycles. The lowest BCUT2D eigenvalue weighted by atomic mass is 10.4. The van der Waals surface area contributed by atoms with Crippen molar-refractivity contribution < 1.29 is 0 Å². The van der Waals surface area contributed by atoms with Crippen molar-refractivity contribution in [2.75, 3.05) is 24.2 Å². The summed E-state index contributed by atoms with van der Waals surface area (Å²) in [6.07, 6.45) is 1.13. The molecule has 1 rings (SSSR count). The maximum Gasteiger partial charge on any atom is 0.0917 e. The number of rotatable bonds is 4. The predicted octanol–water partition coefficient (Wildman–Crippen LogP) is 3.27. The summed E-state index contributed by atoms with van der Waals surface area (Å²) in [5, 5.41) is 3.41. The van der Waals surface area contributed by atoms with Gasteiger partial charge in [0, 0.05) is 23.4 Å². The van der Waals surface area contributed by atoms with E-state index < -0.39 is 0 Å². The first-order valence-electron chi connectivity index (χ1n) is 3.80. The lowest BCUT2D eigenvalue weighted by molar-refractivity contribution is 0.868. The number of thiol groups is 1. The van der Waals surface area contributed by atoms with E-state index >= 15 is 0 Å². The van der Waals surface area contributed by atoms with Crippen molar-refractivity contribution in [3.8, 4) is 0 Å². The molecule has 0 atom stereocenters. The smallest absolute Gasteiger partial charge is 0.0917 e. The van der Waals surface area contributed by atoms with Crippen molar-refractivity contribution in [2.45, 2.75) is 6.42 Å². The highest BCUT2D eigenvalue weighted by molar-refractivity contribution is 9.10. The second-order valence-electron chi connectivity index (χ2n) is 2.60. The van der Waals surface area contributed by atoms with Gasteiger partial charge in [-0.2, -0.15) is 12.6 Å². The van der Waals surface area contributed by atoms with Gasteiger partial charge in [-0.05, 0) is 34.2 Å². The first-order valence-corrected chi connectivity index (χ1v) is 6.10. The van der Waals surface area contributed by atoms with Gasteiger partial charge in [0.1, 0.15) is 0 Å². The Kier molecular flexibility index (Phi) is 4.46. The van der Waals surface area contributed by atoms with Gasteiger partial charge in [0.15, 0.2) is 0 Å². The fraction of sp³-hybridized carbons (Fsp3) is 0.500. The Morgan fingerprint density at radius 1 is 1.67 bits per heavy atom.